The molecule has 0 spiro atoms. The number of aryl methyl sites for hydroxylation is 1. The van der Waals surface area contributed by atoms with Gasteiger partial charge in [0, 0.05) is 11.7 Å². The van der Waals surface area contributed by atoms with Crippen molar-refractivity contribution in [2.75, 3.05) is 0 Å². The second-order valence-corrected chi connectivity index (χ2v) is 3.95. The fraction of sp³-hybridized carbons (Fsp3) is 0.500. The van der Waals surface area contributed by atoms with Crippen LogP contribution in [0.4, 0.5) is 13.2 Å². The molecule has 3 nitrogen and oxygen atoms in total. The molecular weight excluding hydrogens is 223 g/mol. The van der Waals surface area contributed by atoms with Crippen molar-refractivity contribution in [1.29, 1.82) is 0 Å². The van der Waals surface area contributed by atoms with Crippen molar-refractivity contribution >= 4 is 5.97 Å². The molecule has 1 aliphatic carbocycles. The molecule has 1 aliphatic rings. The van der Waals surface area contributed by atoms with E-state index < -0.39 is 23.4 Å². The number of aromatic nitrogens is 1. The molecule has 0 radical (unpaired) electrons. The average molecular weight is 233 g/mol. The molecule has 0 aromatic carbocycles. The van der Waals surface area contributed by atoms with Gasteiger partial charge in [-0.05, 0) is 25.8 Å². The monoisotopic (exact) mass is 233 g/mol. The van der Waals surface area contributed by atoms with E-state index in [2.05, 4.69) is 0 Å². The molecule has 1 aromatic rings. The smallest absolute Gasteiger partial charge is 0.432 e. The maximum atomic E-state index is 12.8. The van der Waals surface area contributed by atoms with E-state index in [1.165, 1.54) is 6.92 Å². The van der Waals surface area contributed by atoms with Crippen molar-refractivity contribution in [2.24, 2.45) is 0 Å². The summed E-state index contributed by atoms with van der Waals surface area (Å²) in [5, 5.41) is 8.76. The maximum absolute atomic E-state index is 12.8. The molecular formula is C10H10F3NO2. The lowest BCUT2D eigenvalue weighted by Gasteiger charge is -2.13. The summed E-state index contributed by atoms with van der Waals surface area (Å²) in [6.07, 6.45) is -3.26. The minimum atomic E-state index is -4.62. The summed E-state index contributed by atoms with van der Waals surface area (Å²) in [7, 11) is 0. The van der Waals surface area contributed by atoms with Crippen LogP contribution in [0.15, 0.2) is 6.07 Å². The van der Waals surface area contributed by atoms with Crippen LogP contribution < -0.4 is 0 Å². The molecule has 6 heteroatoms. The van der Waals surface area contributed by atoms with E-state index in [4.69, 9.17) is 5.11 Å². The number of aromatic carboxylic acids is 1. The number of hydrogen-bond donors (Lipinski definition) is 1. The van der Waals surface area contributed by atoms with Crippen molar-refractivity contribution in [2.45, 2.75) is 32.0 Å². The molecule has 1 aromatic heterocycles. The van der Waals surface area contributed by atoms with Gasteiger partial charge in [0.2, 0.25) is 0 Å². The van der Waals surface area contributed by atoms with E-state index in [9.17, 15) is 18.0 Å². The third-order valence-electron chi connectivity index (χ3n) is 2.64. The minimum Gasteiger partial charge on any atom is -0.478 e. The van der Waals surface area contributed by atoms with Gasteiger partial charge in [-0.25, -0.2) is 4.79 Å². The Hall–Kier alpha value is -1.46. The van der Waals surface area contributed by atoms with Crippen molar-refractivity contribution in [3.05, 3.63) is 23.0 Å². The van der Waals surface area contributed by atoms with Gasteiger partial charge in [0.15, 0.2) is 0 Å². The van der Waals surface area contributed by atoms with E-state index in [1.54, 1.807) is 0 Å². The summed E-state index contributed by atoms with van der Waals surface area (Å²) in [6.45, 7) is 1.50. The molecule has 88 valence electrons. The zero-order chi connectivity index (χ0) is 12.1. The van der Waals surface area contributed by atoms with Gasteiger partial charge in [0.1, 0.15) is 5.69 Å². The quantitative estimate of drug-likeness (QED) is 0.853. The second kappa shape index (κ2) is 3.26. The van der Waals surface area contributed by atoms with Crippen LogP contribution in [-0.4, -0.2) is 15.6 Å². The van der Waals surface area contributed by atoms with Crippen LogP contribution in [0.25, 0.3) is 0 Å². The lowest BCUT2D eigenvalue weighted by Crippen LogP contribution is -2.17. The van der Waals surface area contributed by atoms with Gasteiger partial charge in [-0.15, -0.1) is 0 Å². The molecule has 1 heterocycles. The predicted molar refractivity (Wildman–Crippen MR) is 49.4 cm³/mol. The zero-order valence-corrected chi connectivity index (χ0v) is 8.51. The highest BCUT2D eigenvalue weighted by Gasteiger charge is 2.43. The van der Waals surface area contributed by atoms with Crippen molar-refractivity contribution < 1.29 is 23.1 Å². The lowest BCUT2D eigenvalue weighted by molar-refractivity contribution is -0.144. The van der Waals surface area contributed by atoms with Crippen LogP contribution in [-0.2, 0) is 6.18 Å². The molecule has 0 unspecified atom stereocenters. The number of carboxylic acid groups (broad SMARTS) is 1. The number of nitrogens with zero attached hydrogens (tertiary/aromatic N) is 1. The Morgan fingerprint density at radius 3 is 2.44 bits per heavy atom. The van der Waals surface area contributed by atoms with Crippen LogP contribution in [0.3, 0.4) is 0 Å². The van der Waals surface area contributed by atoms with E-state index in [-0.39, 0.29) is 6.04 Å². The predicted octanol–water partition coefficient (Wildman–Crippen LogP) is 2.85. The Morgan fingerprint density at radius 2 is 2.06 bits per heavy atom. The van der Waals surface area contributed by atoms with Gasteiger partial charge in [-0.1, -0.05) is 0 Å². The first-order chi connectivity index (χ1) is 7.32. The summed E-state index contributed by atoms with van der Waals surface area (Å²) < 4.78 is 39.5. The Bertz CT molecular complexity index is 444. The van der Waals surface area contributed by atoms with Crippen LogP contribution in [0.2, 0.25) is 0 Å². The Kier molecular flexibility index (Phi) is 2.25. The highest BCUT2D eigenvalue weighted by molar-refractivity contribution is 5.89. The van der Waals surface area contributed by atoms with Crippen molar-refractivity contribution in [3.63, 3.8) is 0 Å². The Balaban J connectivity index is 2.64. The number of carboxylic acids is 1. The Labute approximate surface area is 89.5 Å². The maximum Gasteiger partial charge on any atom is 0.432 e. The molecule has 1 N–H and O–H groups in total. The molecule has 0 amide bonds. The highest BCUT2D eigenvalue weighted by Crippen LogP contribution is 2.43. The molecule has 1 fully saturated rings. The van der Waals surface area contributed by atoms with E-state index >= 15 is 0 Å². The van der Waals surface area contributed by atoms with Gasteiger partial charge in [-0.2, -0.15) is 13.2 Å². The molecule has 1 saturated carbocycles. The Morgan fingerprint density at radius 1 is 1.50 bits per heavy atom. The zero-order valence-electron chi connectivity index (χ0n) is 8.51. The van der Waals surface area contributed by atoms with Crippen LogP contribution in [0, 0.1) is 6.92 Å². The fourth-order valence-electron chi connectivity index (χ4n) is 1.91. The second-order valence-electron chi connectivity index (χ2n) is 3.95. The lowest BCUT2D eigenvalue weighted by atomic mass is 10.2. The number of halogens is 3. The topological polar surface area (TPSA) is 42.2 Å². The average Bonchev–Trinajstić information content (AvgIpc) is 2.87. The number of rotatable bonds is 2. The summed E-state index contributed by atoms with van der Waals surface area (Å²) in [5.41, 5.74) is -1.33. The molecule has 0 saturated heterocycles. The van der Waals surface area contributed by atoms with Gasteiger partial charge in [-0.3, -0.25) is 0 Å². The van der Waals surface area contributed by atoms with Crippen LogP contribution >= 0.6 is 0 Å². The third kappa shape index (κ3) is 1.68. The van der Waals surface area contributed by atoms with Gasteiger partial charge in [0.05, 0.1) is 5.56 Å². The van der Waals surface area contributed by atoms with Gasteiger partial charge >= 0.3 is 12.1 Å². The first kappa shape index (κ1) is 11.0. The summed E-state index contributed by atoms with van der Waals surface area (Å²) in [5.74, 6) is -1.53. The van der Waals surface area contributed by atoms with Crippen molar-refractivity contribution in [3.8, 4) is 0 Å². The van der Waals surface area contributed by atoms with E-state index in [0.717, 1.165) is 10.6 Å². The van der Waals surface area contributed by atoms with E-state index in [0.29, 0.717) is 18.5 Å². The van der Waals surface area contributed by atoms with E-state index in [1.807, 2.05) is 0 Å². The first-order valence-corrected chi connectivity index (χ1v) is 4.84. The largest absolute Gasteiger partial charge is 0.478 e. The molecule has 0 aliphatic heterocycles. The van der Waals surface area contributed by atoms with Crippen LogP contribution in [0.5, 0.6) is 0 Å². The summed E-state index contributed by atoms with van der Waals surface area (Å²) in [6, 6.07) is 0.897. The highest BCUT2D eigenvalue weighted by atomic mass is 19.4. The summed E-state index contributed by atoms with van der Waals surface area (Å²) in [4.78, 5) is 10.8. The summed E-state index contributed by atoms with van der Waals surface area (Å²) >= 11 is 0. The number of carbonyl (C=O) groups is 1. The number of hydrogen-bond acceptors (Lipinski definition) is 1. The SMILES string of the molecule is Cc1cc(C(=O)O)c(C(F)(F)F)n1C1CC1. The first-order valence-electron chi connectivity index (χ1n) is 4.84. The third-order valence-corrected chi connectivity index (χ3v) is 2.64. The minimum absolute atomic E-state index is 0.190. The molecule has 16 heavy (non-hydrogen) atoms. The number of alkyl halides is 3. The normalized spacial score (nSPS) is 16.5. The fourth-order valence-corrected chi connectivity index (χ4v) is 1.91. The van der Waals surface area contributed by atoms with Gasteiger partial charge < -0.3 is 9.67 Å². The molecule has 2 rings (SSSR count). The van der Waals surface area contributed by atoms with Gasteiger partial charge in [0.25, 0.3) is 0 Å². The molecule has 0 bridgehead atoms. The van der Waals surface area contributed by atoms with Crippen molar-refractivity contribution in [1.82, 2.24) is 4.57 Å². The molecule has 0 atom stereocenters. The standard InChI is InChI=1S/C10H10F3NO2/c1-5-4-7(9(15)16)8(10(11,12)13)14(5)6-2-3-6/h4,6H,2-3H2,1H3,(H,15,16). The van der Waals surface area contributed by atoms with Crippen LogP contribution in [0.1, 0.15) is 40.6 Å².